The van der Waals surface area contributed by atoms with E-state index in [1.807, 2.05) is 78.8 Å². The molecule has 0 aliphatic carbocycles. The summed E-state index contributed by atoms with van der Waals surface area (Å²) in [5.41, 5.74) is 3.57. The lowest BCUT2D eigenvalue weighted by Crippen LogP contribution is -2.45. The molecule has 1 fully saturated rings. The smallest absolute Gasteiger partial charge is 0.244 e. The Balaban J connectivity index is 1.50. The molecule has 5 rings (SSSR count). The quantitative estimate of drug-likeness (QED) is 0.388. The molecule has 0 unspecified atom stereocenters. The van der Waals surface area contributed by atoms with Crippen LogP contribution in [0.1, 0.15) is 12.8 Å². The van der Waals surface area contributed by atoms with Gasteiger partial charge in [-0.25, -0.2) is 4.68 Å². The highest BCUT2D eigenvalue weighted by molar-refractivity contribution is 6.38. The van der Waals surface area contributed by atoms with Crippen molar-refractivity contribution >= 4 is 28.5 Å². The van der Waals surface area contributed by atoms with Crippen LogP contribution in [0.15, 0.2) is 73.4 Å². The van der Waals surface area contributed by atoms with Crippen LogP contribution in [-0.4, -0.2) is 61.9 Å². The van der Waals surface area contributed by atoms with Gasteiger partial charge in [-0.1, -0.05) is 78.8 Å². The van der Waals surface area contributed by atoms with Gasteiger partial charge in [0.05, 0.1) is 10.4 Å². The molecule has 0 N–H and O–H groups in total. The number of benzene rings is 2. The minimum Gasteiger partial charge on any atom is -0.378 e. The fourth-order valence-electron chi connectivity index (χ4n) is 4.60. The molecule has 2 aromatic carbocycles. The number of aromatic nitrogens is 4. The minimum atomic E-state index is 0.0128. The zero-order valence-electron chi connectivity index (χ0n) is 19.6. The van der Waals surface area contributed by atoms with Gasteiger partial charge in [0, 0.05) is 37.3 Å². The molecule has 3 heterocycles. The van der Waals surface area contributed by atoms with Gasteiger partial charge in [-0.3, -0.25) is 4.79 Å². The fraction of sp³-hybridized carbons (Fsp3) is 0.259. The van der Waals surface area contributed by atoms with E-state index in [-0.39, 0.29) is 12.5 Å². The summed E-state index contributed by atoms with van der Waals surface area (Å²) in [6.45, 7) is 5.34. The molecule has 0 saturated carbocycles. The Morgan fingerprint density at radius 2 is 1.63 bits per heavy atom. The first-order valence-electron chi connectivity index (χ1n) is 11.7. The van der Waals surface area contributed by atoms with Gasteiger partial charge >= 0.3 is 0 Å². The summed E-state index contributed by atoms with van der Waals surface area (Å²) in [7, 11) is 2.03. The van der Waals surface area contributed by atoms with Crippen molar-refractivity contribution in [3.05, 3.63) is 78.5 Å². The van der Waals surface area contributed by atoms with E-state index < -0.39 is 0 Å². The number of rotatable bonds is 6. The van der Waals surface area contributed by atoms with Crippen molar-refractivity contribution in [2.45, 2.75) is 25.4 Å². The Hall–Kier alpha value is -3.71. The van der Waals surface area contributed by atoms with E-state index in [0.29, 0.717) is 46.6 Å². The zero-order chi connectivity index (χ0) is 24.4. The number of hydrogen-bond donors (Lipinski definition) is 0. The second kappa shape index (κ2) is 9.88. The standard InChI is InChI=1S/C27H27ClN6O/c1-3-32(2)21-14-16-33(17-15-21)22(35)18-34-27-23(25(31-34)19-10-6-4-7-11-19)24(28)26(29-30-27)20-12-8-5-9-13-20/h3-13,21H,1,14-18H2,2H3. The number of carbonyl (C=O) groups excluding carboxylic acids is 1. The Bertz CT molecular complexity index is 1350. The summed E-state index contributed by atoms with van der Waals surface area (Å²) >= 11 is 6.93. The van der Waals surface area contributed by atoms with Crippen LogP contribution >= 0.6 is 11.6 Å². The van der Waals surface area contributed by atoms with E-state index in [4.69, 9.17) is 16.7 Å². The van der Waals surface area contributed by atoms with Crippen molar-refractivity contribution < 1.29 is 4.79 Å². The predicted octanol–water partition coefficient (Wildman–Crippen LogP) is 4.88. The second-order valence-electron chi connectivity index (χ2n) is 8.76. The van der Waals surface area contributed by atoms with Gasteiger partial charge in [0.25, 0.3) is 0 Å². The molecule has 1 aliphatic heterocycles. The molecule has 178 valence electrons. The Labute approximate surface area is 209 Å². The number of halogens is 1. The summed E-state index contributed by atoms with van der Waals surface area (Å²) < 4.78 is 1.63. The highest BCUT2D eigenvalue weighted by Gasteiger charge is 2.26. The van der Waals surface area contributed by atoms with Crippen molar-refractivity contribution in [3.63, 3.8) is 0 Å². The van der Waals surface area contributed by atoms with Crippen LogP contribution in [0.25, 0.3) is 33.5 Å². The maximum absolute atomic E-state index is 13.2. The topological polar surface area (TPSA) is 67.2 Å². The third-order valence-corrected chi connectivity index (χ3v) is 7.03. The van der Waals surface area contributed by atoms with Crippen LogP contribution in [0.2, 0.25) is 5.02 Å². The number of nitrogens with zero attached hydrogens (tertiary/aromatic N) is 6. The second-order valence-corrected chi connectivity index (χ2v) is 9.14. The minimum absolute atomic E-state index is 0.0128. The molecule has 0 spiro atoms. The van der Waals surface area contributed by atoms with Gasteiger partial charge < -0.3 is 9.80 Å². The molecule has 4 aromatic rings. The highest BCUT2D eigenvalue weighted by atomic mass is 35.5. The maximum atomic E-state index is 13.2. The number of likely N-dealkylation sites (tertiary alicyclic amines) is 1. The first-order chi connectivity index (χ1) is 17.1. The molecular formula is C27H27ClN6O. The number of piperidine rings is 1. The van der Waals surface area contributed by atoms with Gasteiger partial charge in [-0.05, 0) is 19.0 Å². The van der Waals surface area contributed by atoms with Gasteiger partial charge in [0.2, 0.25) is 5.91 Å². The lowest BCUT2D eigenvalue weighted by molar-refractivity contribution is -0.133. The van der Waals surface area contributed by atoms with Gasteiger partial charge in [0.15, 0.2) is 5.65 Å². The summed E-state index contributed by atoms with van der Waals surface area (Å²) in [6.07, 6.45) is 3.67. The summed E-state index contributed by atoms with van der Waals surface area (Å²) in [4.78, 5) is 17.2. The van der Waals surface area contributed by atoms with Crippen molar-refractivity contribution in [3.8, 4) is 22.5 Å². The highest BCUT2D eigenvalue weighted by Crippen LogP contribution is 2.37. The van der Waals surface area contributed by atoms with Crippen molar-refractivity contribution in [1.29, 1.82) is 0 Å². The average Bonchev–Trinajstić information content (AvgIpc) is 3.28. The SMILES string of the molecule is C=CN(C)C1CCN(C(=O)Cn2nc(-c3ccccc3)c3c(Cl)c(-c4ccccc4)nnc32)CC1. The van der Waals surface area contributed by atoms with Crippen molar-refractivity contribution in [2.75, 3.05) is 20.1 Å². The van der Waals surface area contributed by atoms with Crippen LogP contribution < -0.4 is 0 Å². The third-order valence-electron chi connectivity index (χ3n) is 6.66. The lowest BCUT2D eigenvalue weighted by Gasteiger charge is -2.36. The van der Waals surface area contributed by atoms with E-state index in [2.05, 4.69) is 21.7 Å². The van der Waals surface area contributed by atoms with E-state index in [1.54, 1.807) is 4.68 Å². The monoisotopic (exact) mass is 486 g/mol. The third kappa shape index (κ3) is 4.51. The summed E-state index contributed by atoms with van der Waals surface area (Å²) in [6, 6.07) is 20.0. The molecule has 0 atom stereocenters. The maximum Gasteiger partial charge on any atom is 0.244 e. The normalized spacial score (nSPS) is 14.3. The molecule has 1 saturated heterocycles. The molecule has 8 heteroatoms. The van der Waals surface area contributed by atoms with Crippen LogP contribution in [0.5, 0.6) is 0 Å². The van der Waals surface area contributed by atoms with Gasteiger partial charge in [0.1, 0.15) is 17.9 Å². The largest absolute Gasteiger partial charge is 0.378 e. The number of hydrogen-bond acceptors (Lipinski definition) is 5. The predicted molar refractivity (Wildman–Crippen MR) is 139 cm³/mol. The van der Waals surface area contributed by atoms with Crippen molar-refractivity contribution in [1.82, 2.24) is 29.8 Å². The molecular weight excluding hydrogens is 460 g/mol. The van der Waals surface area contributed by atoms with Crippen molar-refractivity contribution in [2.24, 2.45) is 0 Å². The molecule has 35 heavy (non-hydrogen) atoms. The van der Waals surface area contributed by atoms with Crippen LogP contribution in [0.4, 0.5) is 0 Å². The summed E-state index contributed by atoms with van der Waals surface area (Å²) in [5.74, 6) is 0.0128. The number of carbonyl (C=O) groups is 1. The van der Waals surface area contributed by atoms with E-state index in [9.17, 15) is 4.79 Å². The van der Waals surface area contributed by atoms with Crippen LogP contribution in [0.3, 0.4) is 0 Å². The molecule has 1 amide bonds. The Kier molecular flexibility index (Phi) is 6.51. The first-order valence-corrected chi connectivity index (χ1v) is 12.1. The fourth-order valence-corrected chi connectivity index (χ4v) is 4.93. The zero-order valence-corrected chi connectivity index (χ0v) is 20.4. The summed E-state index contributed by atoms with van der Waals surface area (Å²) in [5, 5.41) is 14.9. The van der Waals surface area contributed by atoms with Gasteiger partial charge in [-0.15, -0.1) is 10.2 Å². The molecule has 1 aliphatic rings. The Morgan fingerprint density at radius 1 is 1.03 bits per heavy atom. The number of fused-ring (bicyclic) bond motifs is 1. The van der Waals surface area contributed by atoms with Crippen LogP contribution in [-0.2, 0) is 11.3 Å². The number of amides is 1. The molecule has 0 bridgehead atoms. The Morgan fingerprint density at radius 3 is 2.23 bits per heavy atom. The average molecular weight is 487 g/mol. The van der Waals surface area contributed by atoms with Crippen LogP contribution in [0, 0.1) is 0 Å². The first kappa shape index (κ1) is 23.1. The lowest BCUT2D eigenvalue weighted by atomic mass is 10.0. The van der Waals surface area contributed by atoms with E-state index in [0.717, 1.165) is 24.0 Å². The van der Waals surface area contributed by atoms with E-state index >= 15 is 0 Å². The molecule has 2 aromatic heterocycles. The van der Waals surface area contributed by atoms with Gasteiger partial charge in [-0.2, -0.15) is 5.10 Å². The molecule has 0 radical (unpaired) electrons. The van der Waals surface area contributed by atoms with E-state index in [1.165, 1.54) is 0 Å². The molecule has 7 nitrogen and oxygen atoms in total.